The van der Waals surface area contributed by atoms with Gasteiger partial charge < -0.3 is 10.0 Å². The first-order valence-electron chi connectivity index (χ1n) is 4.57. The fourth-order valence-corrected chi connectivity index (χ4v) is 0.838. The molecule has 0 spiro atoms. The van der Waals surface area contributed by atoms with E-state index in [2.05, 4.69) is 18.7 Å². The van der Waals surface area contributed by atoms with Crippen molar-refractivity contribution >= 4 is 0 Å². The van der Waals surface area contributed by atoms with Crippen LogP contribution in [0.1, 0.15) is 34.1 Å². The summed E-state index contributed by atoms with van der Waals surface area (Å²) in [6, 6.07) is 0.356. The van der Waals surface area contributed by atoms with Crippen LogP contribution in [-0.2, 0) is 0 Å². The highest BCUT2D eigenvalue weighted by molar-refractivity contribution is 4.62. The topological polar surface area (TPSA) is 23.5 Å². The van der Waals surface area contributed by atoms with E-state index >= 15 is 0 Å². The molecule has 0 aromatic carbocycles. The summed E-state index contributed by atoms with van der Waals surface area (Å²) in [7, 11) is 2.03. The summed E-state index contributed by atoms with van der Waals surface area (Å²) in [5.74, 6) is 0. The molecule has 1 atom stereocenters. The van der Waals surface area contributed by atoms with Crippen molar-refractivity contribution in [3.05, 3.63) is 0 Å². The smallest absolute Gasteiger partial charge is 0.0586 e. The zero-order chi connectivity index (χ0) is 9.28. The molecule has 1 unspecified atom stereocenters. The van der Waals surface area contributed by atoms with Gasteiger partial charge in [-0.05, 0) is 20.0 Å². The number of hydrogen-bond acceptors (Lipinski definition) is 2. The maximum atomic E-state index is 8.79. The van der Waals surface area contributed by atoms with Gasteiger partial charge in [-0.25, -0.2) is 0 Å². The largest absolute Gasteiger partial charge is 0.395 e. The Hall–Kier alpha value is -0.0800. The van der Waals surface area contributed by atoms with Gasteiger partial charge in [0.15, 0.2) is 0 Å². The molecule has 2 heteroatoms. The Bertz CT molecular complexity index is 62.6. The summed E-state index contributed by atoms with van der Waals surface area (Å²) in [4.78, 5) is 2.15. The molecular formula is C9H23NO. The molecule has 2 nitrogen and oxygen atoms in total. The monoisotopic (exact) mass is 161 g/mol. The molecule has 0 saturated carbocycles. The number of aliphatic hydroxyl groups is 1. The molecule has 11 heavy (non-hydrogen) atoms. The standard InChI is InChI=1S/C7H17NO.C2H6/c1-4-7(6-9)8(3)5-2;1-2/h7,9H,4-6H2,1-3H3;1-2H3. The summed E-state index contributed by atoms with van der Waals surface area (Å²) < 4.78 is 0. The van der Waals surface area contributed by atoms with Gasteiger partial charge in [-0.2, -0.15) is 0 Å². The quantitative estimate of drug-likeness (QED) is 0.679. The highest BCUT2D eigenvalue weighted by Gasteiger charge is 2.07. The van der Waals surface area contributed by atoms with Crippen LogP contribution in [0.3, 0.4) is 0 Å². The third kappa shape index (κ3) is 6.32. The first kappa shape index (κ1) is 13.5. The molecule has 0 aliphatic heterocycles. The van der Waals surface area contributed by atoms with Crippen molar-refractivity contribution in [2.75, 3.05) is 20.2 Å². The minimum atomic E-state index is 0.279. The van der Waals surface area contributed by atoms with Crippen LogP contribution in [0.25, 0.3) is 0 Å². The van der Waals surface area contributed by atoms with E-state index in [0.717, 1.165) is 13.0 Å². The van der Waals surface area contributed by atoms with Gasteiger partial charge in [0.05, 0.1) is 6.61 Å². The summed E-state index contributed by atoms with van der Waals surface area (Å²) >= 11 is 0. The summed E-state index contributed by atoms with van der Waals surface area (Å²) in [6.45, 7) is 9.48. The number of rotatable bonds is 4. The van der Waals surface area contributed by atoms with Crippen molar-refractivity contribution in [1.29, 1.82) is 0 Å². The Morgan fingerprint density at radius 3 is 1.82 bits per heavy atom. The van der Waals surface area contributed by atoms with E-state index in [0.29, 0.717) is 6.04 Å². The minimum absolute atomic E-state index is 0.279. The zero-order valence-electron chi connectivity index (χ0n) is 8.59. The van der Waals surface area contributed by atoms with E-state index in [4.69, 9.17) is 5.11 Å². The van der Waals surface area contributed by atoms with Crippen LogP contribution in [0.15, 0.2) is 0 Å². The number of aliphatic hydroxyl groups excluding tert-OH is 1. The molecule has 0 aromatic heterocycles. The van der Waals surface area contributed by atoms with Gasteiger partial charge in [0.25, 0.3) is 0 Å². The van der Waals surface area contributed by atoms with Crippen molar-refractivity contribution in [3.63, 3.8) is 0 Å². The fourth-order valence-electron chi connectivity index (χ4n) is 0.838. The van der Waals surface area contributed by atoms with Crippen LogP contribution in [0, 0.1) is 0 Å². The highest BCUT2D eigenvalue weighted by atomic mass is 16.3. The Kier molecular flexibility index (Phi) is 12.2. The molecule has 0 aliphatic rings. The lowest BCUT2D eigenvalue weighted by atomic mass is 10.2. The summed E-state index contributed by atoms with van der Waals surface area (Å²) in [6.07, 6.45) is 1.03. The third-order valence-electron chi connectivity index (χ3n) is 1.80. The molecule has 1 N–H and O–H groups in total. The summed E-state index contributed by atoms with van der Waals surface area (Å²) in [5.41, 5.74) is 0. The number of nitrogens with zero attached hydrogens (tertiary/aromatic N) is 1. The SMILES string of the molecule is CC.CCC(CO)N(C)CC. The first-order valence-corrected chi connectivity index (χ1v) is 4.57. The van der Waals surface area contributed by atoms with E-state index in [-0.39, 0.29) is 6.61 Å². The van der Waals surface area contributed by atoms with Crippen molar-refractivity contribution < 1.29 is 5.11 Å². The lowest BCUT2D eigenvalue weighted by molar-refractivity contribution is 0.148. The van der Waals surface area contributed by atoms with E-state index in [1.165, 1.54) is 0 Å². The van der Waals surface area contributed by atoms with Gasteiger partial charge in [-0.1, -0.05) is 27.7 Å². The maximum Gasteiger partial charge on any atom is 0.0586 e. The summed E-state index contributed by atoms with van der Waals surface area (Å²) in [5, 5.41) is 8.79. The van der Waals surface area contributed by atoms with Crippen LogP contribution in [-0.4, -0.2) is 36.2 Å². The molecule has 0 heterocycles. The Morgan fingerprint density at radius 1 is 1.27 bits per heavy atom. The predicted octanol–water partition coefficient (Wildman–Crippen LogP) is 1.74. The van der Waals surface area contributed by atoms with Crippen LogP contribution < -0.4 is 0 Å². The second-order valence-electron chi connectivity index (χ2n) is 2.32. The van der Waals surface area contributed by atoms with E-state index in [9.17, 15) is 0 Å². The van der Waals surface area contributed by atoms with Crippen LogP contribution in [0.5, 0.6) is 0 Å². The lowest BCUT2D eigenvalue weighted by Crippen LogP contribution is -2.33. The van der Waals surface area contributed by atoms with Crippen molar-refractivity contribution in [1.82, 2.24) is 4.90 Å². The van der Waals surface area contributed by atoms with Gasteiger partial charge in [0.2, 0.25) is 0 Å². The molecular weight excluding hydrogens is 138 g/mol. The van der Waals surface area contributed by atoms with Gasteiger partial charge >= 0.3 is 0 Å². The van der Waals surface area contributed by atoms with Crippen LogP contribution in [0.4, 0.5) is 0 Å². The van der Waals surface area contributed by atoms with E-state index in [1.807, 2.05) is 20.9 Å². The first-order chi connectivity index (χ1) is 5.26. The number of likely N-dealkylation sites (N-methyl/N-ethyl adjacent to an activating group) is 1. The average molecular weight is 161 g/mol. The van der Waals surface area contributed by atoms with Crippen LogP contribution >= 0.6 is 0 Å². The molecule has 0 saturated heterocycles. The third-order valence-corrected chi connectivity index (χ3v) is 1.80. The molecule has 0 bridgehead atoms. The van der Waals surface area contributed by atoms with Crippen LogP contribution in [0.2, 0.25) is 0 Å². The lowest BCUT2D eigenvalue weighted by Gasteiger charge is -2.23. The molecule has 0 rings (SSSR count). The van der Waals surface area contributed by atoms with Gasteiger partial charge in [0.1, 0.15) is 0 Å². The molecule has 0 radical (unpaired) electrons. The minimum Gasteiger partial charge on any atom is -0.395 e. The Labute approximate surface area is 71.2 Å². The molecule has 0 amide bonds. The maximum absolute atomic E-state index is 8.79. The number of hydrogen-bond donors (Lipinski definition) is 1. The Morgan fingerprint density at radius 2 is 1.73 bits per heavy atom. The Balaban J connectivity index is 0. The predicted molar refractivity (Wildman–Crippen MR) is 50.8 cm³/mol. The van der Waals surface area contributed by atoms with E-state index in [1.54, 1.807) is 0 Å². The fraction of sp³-hybridized carbons (Fsp3) is 1.00. The van der Waals surface area contributed by atoms with Crippen molar-refractivity contribution in [2.45, 2.75) is 40.2 Å². The van der Waals surface area contributed by atoms with Crippen molar-refractivity contribution in [2.24, 2.45) is 0 Å². The molecule has 0 aliphatic carbocycles. The average Bonchev–Trinajstić information content (AvgIpc) is 2.10. The second-order valence-corrected chi connectivity index (χ2v) is 2.32. The second kappa shape index (κ2) is 9.92. The molecule has 0 aromatic rings. The van der Waals surface area contributed by atoms with Gasteiger partial charge in [0, 0.05) is 6.04 Å². The van der Waals surface area contributed by atoms with Crippen molar-refractivity contribution in [3.8, 4) is 0 Å². The van der Waals surface area contributed by atoms with Gasteiger partial charge in [-0.15, -0.1) is 0 Å². The molecule has 0 fully saturated rings. The highest BCUT2D eigenvalue weighted by Crippen LogP contribution is 1.98. The van der Waals surface area contributed by atoms with E-state index < -0.39 is 0 Å². The normalized spacial score (nSPS) is 12.3. The molecule has 70 valence electrons. The van der Waals surface area contributed by atoms with Gasteiger partial charge in [-0.3, -0.25) is 0 Å². The zero-order valence-corrected chi connectivity index (χ0v) is 8.59.